The van der Waals surface area contributed by atoms with Gasteiger partial charge in [-0.25, -0.2) is 0 Å². The van der Waals surface area contributed by atoms with Crippen LogP contribution in [0, 0.1) is 10.1 Å². The third kappa shape index (κ3) is 3.57. The molecular weight excluding hydrogens is 424 g/mol. The van der Waals surface area contributed by atoms with Crippen LogP contribution in [0.1, 0.15) is 22.7 Å². The summed E-state index contributed by atoms with van der Waals surface area (Å²) in [5.41, 5.74) is 2.84. The summed E-state index contributed by atoms with van der Waals surface area (Å²) in [7, 11) is 0. The largest absolute Gasteiger partial charge is 0.271 e. The molecule has 1 unspecified atom stereocenters. The van der Waals surface area contributed by atoms with E-state index in [-0.39, 0.29) is 11.2 Å². The van der Waals surface area contributed by atoms with Crippen LogP contribution in [0.15, 0.2) is 99.9 Å². The molecular formula is C24H16N4O3S. The van der Waals surface area contributed by atoms with Crippen LogP contribution >= 0.6 is 11.3 Å². The van der Waals surface area contributed by atoms with Gasteiger partial charge in [-0.05, 0) is 17.2 Å². The molecule has 0 amide bonds. The number of non-ortho nitro benzene ring substituents is 1. The van der Waals surface area contributed by atoms with Crippen molar-refractivity contribution in [1.82, 2.24) is 4.57 Å². The molecule has 0 N–H and O–H groups in total. The zero-order valence-corrected chi connectivity index (χ0v) is 17.5. The Morgan fingerprint density at radius 2 is 1.66 bits per heavy atom. The molecule has 4 aromatic rings. The lowest BCUT2D eigenvalue weighted by atomic mass is 9.96. The lowest BCUT2D eigenvalue weighted by molar-refractivity contribution is -0.384. The van der Waals surface area contributed by atoms with Crippen LogP contribution in [0.25, 0.3) is 6.08 Å². The first kappa shape index (κ1) is 19.8. The number of aromatic nitrogens is 1. The standard InChI is InChI=1S/C24H16N4O3S/c29-23-20(15-16-8-7-13-19(14-16)28(30)31)32-24-26-25-21(17-9-3-1-4-10-17)22(27(23)24)18-11-5-2-6-12-18/h1-15,22H. The van der Waals surface area contributed by atoms with Crippen LogP contribution in [0.4, 0.5) is 5.69 Å². The fourth-order valence-electron chi connectivity index (χ4n) is 3.70. The van der Waals surface area contributed by atoms with Crippen LogP contribution in [-0.4, -0.2) is 15.2 Å². The molecule has 3 aromatic carbocycles. The van der Waals surface area contributed by atoms with Gasteiger partial charge in [-0.2, -0.15) is 0 Å². The molecule has 0 radical (unpaired) electrons. The van der Waals surface area contributed by atoms with E-state index in [2.05, 4.69) is 10.2 Å². The lowest BCUT2D eigenvalue weighted by Gasteiger charge is -2.22. The van der Waals surface area contributed by atoms with Crippen LogP contribution in [0.2, 0.25) is 0 Å². The number of rotatable bonds is 4. The van der Waals surface area contributed by atoms with Crippen molar-refractivity contribution in [2.24, 2.45) is 10.2 Å². The Balaban J connectivity index is 1.70. The van der Waals surface area contributed by atoms with E-state index in [1.165, 1.54) is 23.5 Å². The maximum absolute atomic E-state index is 13.5. The van der Waals surface area contributed by atoms with E-state index >= 15 is 0 Å². The molecule has 7 nitrogen and oxygen atoms in total. The van der Waals surface area contributed by atoms with Gasteiger partial charge in [-0.3, -0.25) is 19.5 Å². The number of benzene rings is 3. The smallest absolute Gasteiger partial charge is 0.268 e. The second-order valence-electron chi connectivity index (χ2n) is 7.18. The van der Waals surface area contributed by atoms with Gasteiger partial charge in [0, 0.05) is 17.7 Å². The van der Waals surface area contributed by atoms with Crippen molar-refractivity contribution in [3.63, 3.8) is 0 Å². The summed E-state index contributed by atoms with van der Waals surface area (Å²) in [5.74, 6) is 0. The predicted octanol–water partition coefficient (Wildman–Crippen LogP) is 3.27. The van der Waals surface area contributed by atoms with Gasteiger partial charge >= 0.3 is 0 Å². The number of fused-ring (bicyclic) bond motifs is 1. The van der Waals surface area contributed by atoms with Crippen LogP contribution in [0.3, 0.4) is 0 Å². The zero-order chi connectivity index (χ0) is 22.1. The molecule has 32 heavy (non-hydrogen) atoms. The number of nitro groups is 1. The normalized spacial score (nSPS) is 15.6. The van der Waals surface area contributed by atoms with E-state index in [0.717, 1.165) is 11.1 Å². The number of nitrogens with zero attached hydrogens (tertiary/aromatic N) is 4. The Hall–Kier alpha value is -4.17. The number of hydrogen-bond donors (Lipinski definition) is 0. The molecule has 0 saturated heterocycles. The van der Waals surface area contributed by atoms with Gasteiger partial charge in [-0.1, -0.05) is 84.1 Å². The Bertz CT molecular complexity index is 1520. The summed E-state index contributed by atoms with van der Waals surface area (Å²) >= 11 is 1.22. The van der Waals surface area contributed by atoms with Gasteiger partial charge in [-0.15, -0.1) is 10.2 Å². The van der Waals surface area contributed by atoms with Crippen molar-refractivity contribution in [3.05, 3.63) is 131 Å². The van der Waals surface area contributed by atoms with E-state index in [0.29, 0.717) is 20.6 Å². The first-order valence-electron chi connectivity index (χ1n) is 9.85. The van der Waals surface area contributed by atoms with Gasteiger partial charge in [0.15, 0.2) is 0 Å². The molecule has 0 bridgehead atoms. The predicted molar refractivity (Wildman–Crippen MR) is 124 cm³/mol. The number of hydrogen-bond acceptors (Lipinski definition) is 6. The molecule has 2 heterocycles. The molecule has 0 spiro atoms. The van der Waals surface area contributed by atoms with Crippen molar-refractivity contribution in [2.45, 2.75) is 6.04 Å². The molecule has 1 aromatic heterocycles. The summed E-state index contributed by atoms with van der Waals surface area (Å²) in [5, 5.41) is 19.9. The maximum Gasteiger partial charge on any atom is 0.271 e. The quantitative estimate of drug-likeness (QED) is 0.360. The summed E-state index contributed by atoms with van der Waals surface area (Å²) in [6.07, 6.45) is 1.66. The van der Waals surface area contributed by atoms with Crippen LogP contribution in [0.5, 0.6) is 0 Å². The third-order valence-electron chi connectivity index (χ3n) is 5.16. The van der Waals surface area contributed by atoms with Gasteiger partial charge in [0.05, 0.1) is 15.2 Å². The van der Waals surface area contributed by atoms with E-state index in [4.69, 9.17) is 0 Å². The highest BCUT2D eigenvalue weighted by Gasteiger charge is 2.28. The lowest BCUT2D eigenvalue weighted by Crippen LogP contribution is -2.40. The van der Waals surface area contributed by atoms with E-state index < -0.39 is 11.0 Å². The van der Waals surface area contributed by atoms with Crippen LogP contribution < -0.4 is 14.9 Å². The molecule has 0 aliphatic carbocycles. The fourth-order valence-corrected chi connectivity index (χ4v) is 4.65. The van der Waals surface area contributed by atoms with E-state index in [1.807, 2.05) is 60.7 Å². The van der Waals surface area contributed by atoms with Gasteiger partial charge in [0.25, 0.3) is 11.2 Å². The zero-order valence-electron chi connectivity index (χ0n) is 16.7. The number of nitro benzene ring substituents is 1. The molecule has 5 rings (SSSR count). The minimum absolute atomic E-state index is 0.0262. The first-order valence-corrected chi connectivity index (χ1v) is 10.7. The molecule has 1 atom stereocenters. The second kappa shape index (κ2) is 8.16. The summed E-state index contributed by atoms with van der Waals surface area (Å²) in [4.78, 5) is 24.6. The number of thiazole rings is 1. The summed E-state index contributed by atoms with van der Waals surface area (Å²) in [6, 6.07) is 25.1. The Morgan fingerprint density at radius 3 is 2.38 bits per heavy atom. The van der Waals surface area contributed by atoms with Crippen molar-refractivity contribution in [3.8, 4) is 0 Å². The molecule has 0 saturated carbocycles. The second-order valence-corrected chi connectivity index (χ2v) is 8.19. The highest BCUT2D eigenvalue weighted by molar-refractivity contribution is 7.07. The molecule has 8 heteroatoms. The van der Waals surface area contributed by atoms with Crippen molar-refractivity contribution >= 4 is 28.8 Å². The SMILES string of the molecule is O=c1c(=Cc2cccc([N+](=O)[O-])c2)sc2n1C(c1ccccc1)C(c1ccccc1)=NN=2. The third-order valence-corrected chi connectivity index (χ3v) is 6.13. The Morgan fingerprint density at radius 1 is 0.938 bits per heavy atom. The van der Waals surface area contributed by atoms with E-state index in [9.17, 15) is 14.9 Å². The van der Waals surface area contributed by atoms with Gasteiger partial charge < -0.3 is 0 Å². The fraction of sp³-hybridized carbons (Fsp3) is 0.0417. The monoisotopic (exact) mass is 440 g/mol. The van der Waals surface area contributed by atoms with Gasteiger partial charge in [0.1, 0.15) is 6.04 Å². The minimum atomic E-state index is -0.454. The van der Waals surface area contributed by atoms with E-state index in [1.54, 1.807) is 22.8 Å². The molecule has 0 fully saturated rings. The topological polar surface area (TPSA) is 89.9 Å². The highest BCUT2D eigenvalue weighted by Crippen LogP contribution is 2.24. The Kier molecular flexibility index (Phi) is 5.04. The summed E-state index contributed by atoms with van der Waals surface area (Å²) < 4.78 is 2.09. The van der Waals surface area contributed by atoms with Crippen molar-refractivity contribution in [1.29, 1.82) is 0 Å². The van der Waals surface area contributed by atoms with Gasteiger partial charge in [0.2, 0.25) is 4.80 Å². The molecule has 156 valence electrons. The average Bonchev–Trinajstić information content (AvgIpc) is 3.15. The first-order chi connectivity index (χ1) is 15.6. The highest BCUT2D eigenvalue weighted by atomic mass is 32.1. The summed E-state index contributed by atoms with van der Waals surface area (Å²) in [6.45, 7) is 0. The van der Waals surface area contributed by atoms with Crippen molar-refractivity contribution in [2.75, 3.05) is 0 Å². The molecule has 1 aliphatic rings. The molecule has 1 aliphatic heterocycles. The average molecular weight is 440 g/mol. The van der Waals surface area contributed by atoms with Crippen LogP contribution in [-0.2, 0) is 0 Å². The Labute approximate surface area is 186 Å². The minimum Gasteiger partial charge on any atom is -0.268 e. The van der Waals surface area contributed by atoms with Crippen molar-refractivity contribution < 1.29 is 4.92 Å². The maximum atomic E-state index is 13.5.